The fraction of sp³-hybridized carbons (Fsp3) is 0.143. The van der Waals surface area contributed by atoms with Crippen LogP contribution in [0.25, 0.3) is 6.08 Å². The predicted octanol–water partition coefficient (Wildman–Crippen LogP) is 4.99. The first kappa shape index (κ1) is 17.9. The molecule has 0 radical (unpaired) electrons. The van der Waals surface area contributed by atoms with Gasteiger partial charge in [0.2, 0.25) is 5.91 Å². The molecule has 132 valence electrons. The molecule has 1 N–H and O–H groups in total. The summed E-state index contributed by atoms with van der Waals surface area (Å²) in [5.41, 5.74) is 3.58. The first-order chi connectivity index (χ1) is 12.6. The molecule has 0 atom stereocenters. The zero-order valence-electron chi connectivity index (χ0n) is 14.7. The summed E-state index contributed by atoms with van der Waals surface area (Å²) in [6.45, 7) is 4.37. The summed E-state index contributed by atoms with van der Waals surface area (Å²) in [7, 11) is 0. The molecule has 0 aliphatic heterocycles. The largest absolute Gasteiger partial charge is 0.487 e. The number of ether oxygens (including phenoxy) is 1. The SMILES string of the molecule is Cc1ccc(NC(=O)/C=C/c2csc(C)n2)c(OCc2ccccc2)c1. The average Bonchev–Trinajstić information content (AvgIpc) is 3.06. The number of thiazole rings is 1. The van der Waals surface area contributed by atoms with Crippen molar-refractivity contribution in [2.45, 2.75) is 20.5 Å². The number of amides is 1. The van der Waals surface area contributed by atoms with Gasteiger partial charge in [-0.1, -0.05) is 36.4 Å². The van der Waals surface area contributed by atoms with E-state index in [9.17, 15) is 4.79 Å². The number of carbonyl (C=O) groups excluding carboxylic acids is 1. The van der Waals surface area contributed by atoms with E-state index in [0.717, 1.165) is 21.8 Å². The molecule has 3 rings (SSSR count). The van der Waals surface area contributed by atoms with Gasteiger partial charge in [-0.15, -0.1) is 11.3 Å². The molecule has 0 bridgehead atoms. The molecule has 0 fully saturated rings. The third-order valence-electron chi connectivity index (χ3n) is 3.67. The fourth-order valence-electron chi connectivity index (χ4n) is 2.38. The van der Waals surface area contributed by atoms with Crippen molar-refractivity contribution < 1.29 is 9.53 Å². The maximum Gasteiger partial charge on any atom is 0.248 e. The average molecular weight is 364 g/mol. The van der Waals surface area contributed by atoms with Gasteiger partial charge >= 0.3 is 0 Å². The van der Waals surface area contributed by atoms with Crippen molar-refractivity contribution in [1.82, 2.24) is 4.98 Å². The van der Waals surface area contributed by atoms with Crippen LogP contribution >= 0.6 is 11.3 Å². The van der Waals surface area contributed by atoms with Crippen LogP contribution in [0.3, 0.4) is 0 Å². The Hall–Kier alpha value is -2.92. The molecule has 3 aromatic rings. The highest BCUT2D eigenvalue weighted by molar-refractivity contribution is 7.09. The number of rotatable bonds is 6. The summed E-state index contributed by atoms with van der Waals surface area (Å²) in [6, 6.07) is 15.7. The molecule has 1 aromatic heterocycles. The summed E-state index contributed by atoms with van der Waals surface area (Å²) in [5, 5.41) is 5.76. The Kier molecular flexibility index (Phi) is 5.81. The Bertz CT molecular complexity index is 917. The van der Waals surface area contributed by atoms with Crippen molar-refractivity contribution >= 4 is 29.0 Å². The van der Waals surface area contributed by atoms with Crippen molar-refractivity contribution in [3.05, 3.63) is 81.8 Å². The molecule has 0 aliphatic rings. The quantitative estimate of drug-likeness (QED) is 0.627. The van der Waals surface area contributed by atoms with Gasteiger partial charge in [0, 0.05) is 11.5 Å². The van der Waals surface area contributed by atoms with Crippen molar-refractivity contribution in [2.24, 2.45) is 0 Å². The molecule has 26 heavy (non-hydrogen) atoms. The molecule has 1 heterocycles. The van der Waals surface area contributed by atoms with E-state index < -0.39 is 0 Å². The number of carbonyl (C=O) groups is 1. The smallest absolute Gasteiger partial charge is 0.248 e. The van der Waals surface area contributed by atoms with E-state index in [2.05, 4.69) is 10.3 Å². The summed E-state index contributed by atoms with van der Waals surface area (Å²) < 4.78 is 5.92. The van der Waals surface area contributed by atoms with E-state index in [1.807, 2.05) is 67.8 Å². The van der Waals surface area contributed by atoms with Crippen LogP contribution in [0.2, 0.25) is 0 Å². The molecule has 0 saturated heterocycles. The van der Waals surface area contributed by atoms with Crippen LogP contribution in [-0.4, -0.2) is 10.9 Å². The molecule has 2 aromatic carbocycles. The second-order valence-corrected chi connectivity index (χ2v) is 6.95. The minimum atomic E-state index is -0.218. The number of nitrogens with zero attached hydrogens (tertiary/aromatic N) is 1. The maximum atomic E-state index is 12.2. The van der Waals surface area contributed by atoms with Crippen LogP contribution in [0.15, 0.2) is 60.0 Å². The first-order valence-electron chi connectivity index (χ1n) is 8.29. The van der Waals surface area contributed by atoms with Gasteiger partial charge in [-0.05, 0) is 43.2 Å². The number of anilines is 1. The van der Waals surface area contributed by atoms with Crippen LogP contribution in [0.1, 0.15) is 21.8 Å². The summed E-state index contributed by atoms with van der Waals surface area (Å²) in [4.78, 5) is 16.5. The second-order valence-electron chi connectivity index (χ2n) is 5.89. The van der Waals surface area contributed by atoms with Gasteiger partial charge in [0.1, 0.15) is 12.4 Å². The molecule has 0 unspecified atom stereocenters. The van der Waals surface area contributed by atoms with Crippen molar-refractivity contribution in [3.8, 4) is 5.75 Å². The molecule has 5 heteroatoms. The standard InChI is InChI=1S/C21H20N2O2S/c1-15-8-10-19(20(12-15)25-13-17-6-4-3-5-7-17)23-21(24)11-9-18-14-26-16(2)22-18/h3-12,14H,13H2,1-2H3,(H,23,24)/b11-9+. The highest BCUT2D eigenvalue weighted by Crippen LogP contribution is 2.26. The summed E-state index contributed by atoms with van der Waals surface area (Å²) in [5.74, 6) is 0.434. The van der Waals surface area contributed by atoms with Crippen LogP contribution in [-0.2, 0) is 11.4 Å². The number of benzene rings is 2. The van der Waals surface area contributed by atoms with E-state index in [1.165, 1.54) is 6.08 Å². The Labute approximate surface area is 157 Å². The highest BCUT2D eigenvalue weighted by Gasteiger charge is 2.07. The van der Waals surface area contributed by atoms with Crippen molar-refractivity contribution in [2.75, 3.05) is 5.32 Å². The fourth-order valence-corrected chi connectivity index (χ4v) is 2.96. The van der Waals surface area contributed by atoms with Gasteiger partial charge in [0.15, 0.2) is 0 Å². The van der Waals surface area contributed by atoms with Gasteiger partial charge in [0.05, 0.1) is 16.4 Å². The van der Waals surface area contributed by atoms with Crippen molar-refractivity contribution in [3.63, 3.8) is 0 Å². The Balaban J connectivity index is 1.68. The number of aromatic nitrogens is 1. The number of nitrogens with one attached hydrogen (secondary N) is 1. The van der Waals surface area contributed by atoms with Crippen LogP contribution in [0, 0.1) is 13.8 Å². The highest BCUT2D eigenvalue weighted by atomic mass is 32.1. The van der Waals surface area contributed by atoms with E-state index in [1.54, 1.807) is 17.4 Å². The van der Waals surface area contributed by atoms with Crippen LogP contribution < -0.4 is 10.1 Å². The van der Waals surface area contributed by atoms with E-state index in [-0.39, 0.29) is 5.91 Å². The van der Waals surface area contributed by atoms with Gasteiger partial charge in [-0.3, -0.25) is 4.79 Å². The van der Waals surface area contributed by atoms with Crippen molar-refractivity contribution in [1.29, 1.82) is 0 Å². The lowest BCUT2D eigenvalue weighted by Crippen LogP contribution is -2.09. The van der Waals surface area contributed by atoms with E-state index in [4.69, 9.17) is 4.74 Å². The summed E-state index contributed by atoms with van der Waals surface area (Å²) >= 11 is 1.55. The number of hydrogen-bond donors (Lipinski definition) is 1. The lowest BCUT2D eigenvalue weighted by Gasteiger charge is -2.13. The predicted molar refractivity (Wildman–Crippen MR) is 106 cm³/mol. The zero-order valence-corrected chi connectivity index (χ0v) is 15.5. The van der Waals surface area contributed by atoms with E-state index >= 15 is 0 Å². The lowest BCUT2D eigenvalue weighted by atomic mass is 10.2. The molecular weight excluding hydrogens is 344 g/mol. The summed E-state index contributed by atoms with van der Waals surface area (Å²) in [6.07, 6.45) is 3.19. The van der Waals surface area contributed by atoms with Crippen LogP contribution in [0.4, 0.5) is 5.69 Å². The Morgan fingerprint density at radius 1 is 1.19 bits per heavy atom. The normalized spacial score (nSPS) is 10.8. The third kappa shape index (κ3) is 5.04. The molecule has 4 nitrogen and oxygen atoms in total. The Morgan fingerprint density at radius 3 is 2.73 bits per heavy atom. The monoisotopic (exact) mass is 364 g/mol. The van der Waals surface area contributed by atoms with Gasteiger partial charge in [-0.2, -0.15) is 0 Å². The van der Waals surface area contributed by atoms with Gasteiger partial charge in [0.25, 0.3) is 0 Å². The van der Waals surface area contributed by atoms with Gasteiger partial charge in [-0.25, -0.2) is 4.98 Å². The third-order valence-corrected chi connectivity index (χ3v) is 4.47. The molecule has 1 amide bonds. The maximum absolute atomic E-state index is 12.2. The molecule has 0 saturated carbocycles. The number of hydrogen-bond acceptors (Lipinski definition) is 4. The zero-order chi connectivity index (χ0) is 18.4. The first-order valence-corrected chi connectivity index (χ1v) is 9.17. The molecule has 0 aliphatic carbocycles. The molecule has 0 spiro atoms. The Morgan fingerprint density at radius 2 is 2.00 bits per heavy atom. The van der Waals surface area contributed by atoms with Gasteiger partial charge < -0.3 is 10.1 Å². The topological polar surface area (TPSA) is 51.2 Å². The van der Waals surface area contributed by atoms with Crippen LogP contribution in [0.5, 0.6) is 5.75 Å². The minimum Gasteiger partial charge on any atom is -0.487 e. The molecular formula is C21H20N2O2S. The lowest BCUT2D eigenvalue weighted by molar-refractivity contribution is -0.111. The van der Waals surface area contributed by atoms with E-state index in [0.29, 0.717) is 18.0 Å². The number of aryl methyl sites for hydroxylation is 2. The second kappa shape index (κ2) is 8.45. The minimum absolute atomic E-state index is 0.218.